The summed E-state index contributed by atoms with van der Waals surface area (Å²) in [6.07, 6.45) is 3.23. The topological polar surface area (TPSA) is 109 Å². The molecule has 0 atom stereocenters. The summed E-state index contributed by atoms with van der Waals surface area (Å²) in [4.78, 5) is 20.0. The molecule has 25 heavy (non-hydrogen) atoms. The van der Waals surface area contributed by atoms with Crippen molar-refractivity contribution in [3.63, 3.8) is 0 Å². The number of hydrogen-bond donors (Lipinski definition) is 1. The number of nitrogens with two attached hydrogens (primary N) is 1. The van der Waals surface area contributed by atoms with Gasteiger partial charge >= 0.3 is 5.97 Å². The standard InChI is InChI=1S/C16H15FN6O2/c1-10-19-6-11(15(18)20-10)7-23-8-12(21-22-23)9-25-16(24)13-4-2-3-5-14(13)17/h2-6,8H,7,9H2,1H3,(H2,18,19,20). The number of anilines is 1. The average molecular weight is 342 g/mol. The van der Waals surface area contributed by atoms with E-state index < -0.39 is 11.8 Å². The highest BCUT2D eigenvalue weighted by molar-refractivity contribution is 5.89. The third-order valence-corrected chi connectivity index (χ3v) is 3.38. The van der Waals surface area contributed by atoms with Crippen molar-refractivity contribution < 1.29 is 13.9 Å². The molecule has 0 bridgehead atoms. The molecular weight excluding hydrogens is 327 g/mol. The Labute approximate surface area is 142 Å². The fourth-order valence-electron chi connectivity index (χ4n) is 2.13. The van der Waals surface area contributed by atoms with Crippen molar-refractivity contribution in [2.24, 2.45) is 0 Å². The van der Waals surface area contributed by atoms with Crippen LogP contribution in [0.2, 0.25) is 0 Å². The summed E-state index contributed by atoms with van der Waals surface area (Å²) in [6, 6.07) is 5.61. The smallest absolute Gasteiger partial charge is 0.341 e. The molecule has 2 N–H and O–H groups in total. The van der Waals surface area contributed by atoms with Gasteiger partial charge in [-0.05, 0) is 19.1 Å². The van der Waals surface area contributed by atoms with Gasteiger partial charge in [-0.15, -0.1) is 5.10 Å². The molecule has 0 spiro atoms. The summed E-state index contributed by atoms with van der Waals surface area (Å²) < 4.78 is 20.1. The molecule has 0 amide bonds. The molecular formula is C16H15FN6O2. The van der Waals surface area contributed by atoms with Gasteiger partial charge in [0.2, 0.25) is 0 Å². The lowest BCUT2D eigenvalue weighted by Crippen LogP contribution is -2.08. The summed E-state index contributed by atoms with van der Waals surface area (Å²) in [6.45, 7) is 1.96. The number of aromatic nitrogens is 5. The van der Waals surface area contributed by atoms with E-state index in [1.165, 1.54) is 22.9 Å². The molecule has 8 nitrogen and oxygen atoms in total. The number of carbonyl (C=O) groups excluding carboxylic acids is 1. The zero-order valence-electron chi connectivity index (χ0n) is 13.4. The van der Waals surface area contributed by atoms with E-state index in [0.29, 0.717) is 29.4 Å². The van der Waals surface area contributed by atoms with Gasteiger partial charge < -0.3 is 10.5 Å². The van der Waals surface area contributed by atoms with Crippen molar-refractivity contribution >= 4 is 11.8 Å². The maximum Gasteiger partial charge on any atom is 0.341 e. The molecule has 0 aliphatic rings. The van der Waals surface area contributed by atoms with Gasteiger partial charge in [0.1, 0.15) is 29.8 Å². The summed E-state index contributed by atoms with van der Waals surface area (Å²) >= 11 is 0. The van der Waals surface area contributed by atoms with E-state index in [-0.39, 0.29) is 12.2 Å². The van der Waals surface area contributed by atoms with Crippen molar-refractivity contribution in [3.8, 4) is 0 Å². The summed E-state index contributed by atoms with van der Waals surface area (Å²) in [7, 11) is 0. The molecule has 0 saturated carbocycles. The van der Waals surface area contributed by atoms with Crippen LogP contribution in [0, 0.1) is 12.7 Å². The van der Waals surface area contributed by atoms with Crippen LogP contribution in [-0.4, -0.2) is 30.9 Å². The van der Waals surface area contributed by atoms with Crippen molar-refractivity contribution in [1.82, 2.24) is 25.0 Å². The number of nitrogen functional groups attached to an aromatic ring is 1. The van der Waals surface area contributed by atoms with Crippen LogP contribution in [0.4, 0.5) is 10.2 Å². The molecule has 3 rings (SSSR count). The van der Waals surface area contributed by atoms with Crippen LogP contribution < -0.4 is 5.73 Å². The second-order valence-electron chi connectivity index (χ2n) is 5.29. The molecule has 0 fully saturated rings. The van der Waals surface area contributed by atoms with Crippen LogP contribution >= 0.6 is 0 Å². The minimum Gasteiger partial charge on any atom is -0.455 e. The maximum atomic E-state index is 13.5. The minimum atomic E-state index is -0.760. The summed E-state index contributed by atoms with van der Waals surface area (Å²) in [5, 5.41) is 7.84. The Morgan fingerprint density at radius 2 is 2.16 bits per heavy atom. The average Bonchev–Trinajstić information content (AvgIpc) is 3.03. The van der Waals surface area contributed by atoms with Gasteiger partial charge in [-0.2, -0.15) is 0 Å². The second kappa shape index (κ2) is 7.04. The molecule has 9 heteroatoms. The van der Waals surface area contributed by atoms with Crippen molar-refractivity contribution in [2.45, 2.75) is 20.1 Å². The summed E-state index contributed by atoms with van der Waals surface area (Å²) in [5.41, 5.74) is 6.84. The van der Waals surface area contributed by atoms with Gasteiger partial charge in [-0.25, -0.2) is 23.8 Å². The van der Waals surface area contributed by atoms with E-state index in [4.69, 9.17) is 10.5 Å². The quantitative estimate of drug-likeness (QED) is 0.700. The van der Waals surface area contributed by atoms with Crippen molar-refractivity contribution in [3.05, 3.63) is 65.1 Å². The van der Waals surface area contributed by atoms with E-state index in [2.05, 4.69) is 20.3 Å². The summed E-state index contributed by atoms with van der Waals surface area (Å²) in [5.74, 6) is -0.439. The highest BCUT2D eigenvalue weighted by atomic mass is 19.1. The molecule has 128 valence electrons. The highest BCUT2D eigenvalue weighted by Crippen LogP contribution is 2.11. The van der Waals surface area contributed by atoms with Gasteiger partial charge in [-0.1, -0.05) is 17.3 Å². The number of ether oxygens (including phenoxy) is 1. The number of esters is 1. The van der Waals surface area contributed by atoms with Gasteiger partial charge in [0, 0.05) is 11.8 Å². The highest BCUT2D eigenvalue weighted by Gasteiger charge is 2.13. The number of nitrogens with zero attached hydrogens (tertiary/aromatic N) is 5. The van der Waals surface area contributed by atoms with Gasteiger partial charge in [0.05, 0.1) is 18.3 Å². The maximum absolute atomic E-state index is 13.5. The molecule has 0 radical (unpaired) electrons. The second-order valence-corrected chi connectivity index (χ2v) is 5.29. The van der Waals surface area contributed by atoms with Gasteiger partial charge in [0.25, 0.3) is 0 Å². The first-order valence-electron chi connectivity index (χ1n) is 7.41. The lowest BCUT2D eigenvalue weighted by atomic mass is 10.2. The van der Waals surface area contributed by atoms with Crippen LogP contribution in [-0.2, 0) is 17.9 Å². The van der Waals surface area contributed by atoms with E-state index in [1.807, 2.05) is 0 Å². The monoisotopic (exact) mass is 342 g/mol. The Bertz CT molecular complexity index is 911. The zero-order chi connectivity index (χ0) is 17.8. The first kappa shape index (κ1) is 16.5. The van der Waals surface area contributed by atoms with E-state index in [0.717, 1.165) is 0 Å². The normalized spacial score (nSPS) is 10.6. The molecule has 0 unspecified atom stereocenters. The Balaban J connectivity index is 1.62. The fourth-order valence-corrected chi connectivity index (χ4v) is 2.13. The number of hydrogen-bond acceptors (Lipinski definition) is 7. The molecule has 0 aliphatic heterocycles. The van der Waals surface area contributed by atoms with Crippen molar-refractivity contribution in [1.29, 1.82) is 0 Å². The number of aryl methyl sites for hydroxylation is 1. The molecule has 0 saturated heterocycles. The van der Waals surface area contributed by atoms with E-state index in [1.54, 1.807) is 25.4 Å². The molecule has 1 aromatic carbocycles. The fraction of sp³-hybridized carbons (Fsp3) is 0.188. The van der Waals surface area contributed by atoms with Crippen LogP contribution in [0.15, 0.2) is 36.7 Å². The Morgan fingerprint density at radius 1 is 1.36 bits per heavy atom. The molecule has 2 heterocycles. The van der Waals surface area contributed by atoms with E-state index in [9.17, 15) is 9.18 Å². The van der Waals surface area contributed by atoms with Crippen LogP contribution in [0.3, 0.4) is 0 Å². The van der Waals surface area contributed by atoms with Gasteiger partial charge in [0.15, 0.2) is 0 Å². The predicted octanol–water partition coefficient (Wildman–Crippen LogP) is 1.50. The molecule has 0 aliphatic carbocycles. The minimum absolute atomic E-state index is 0.118. The SMILES string of the molecule is Cc1ncc(Cn2cc(COC(=O)c3ccccc3F)nn2)c(N)n1. The van der Waals surface area contributed by atoms with Crippen LogP contribution in [0.25, 0.3) is 0 Å². The number of halogens is 1. The largest absolute Gasteiger partial charge is 0.455 e. The van der Waals surface area contributed by atoms with Gasteiger partial charge in [-0.3, -0.25) is 0 Å². The Hall–Kier alpha value is -3.36. The first-order chi connectivity index (χ1) is 12.0. The van der Waals surface area contributed by atoms with Crippen molar-refractivity contribution in [2.75, 3.05) is 5.73 Å². The zero-order valence-corrected chi connectivity index (χ0v) is 13.4. The predicted molar refractivity (Wildman–Crippen MR) is 85.8 cm³/mol. The Morgan fingerprint density at radius 3 is 2.92 bits per heavy atom. The first-order valence-corrected chi connectivity index (χ1v) is 7.41. The molecule has 3 aromatic rings. The lowest BCUT2D eigenvalue weighted by molar-refractivity contribution is 0.0462. The third kappa shape index (κ3) is 3.94. The number of benzene rings is 1. The van der Waals surface area contributed by atoms with Crippen LogP contribution in [0.5, 0.6) is 0 Å². The number of rotatable bonds is 5. The molecule has 2 aromatic heterocycles. The van der Waals surface area contributed by atoms with E-state index >= 15 is 0 Å². The lowest BCUT2D eigenvalue weighted by Gasteiger charge is -2.04. The Kier molecular flexibility index (Phi) is 4.64. The van der Waals surface area contributed by atoms with Crippen LogP contribution in [0.1, 0.15) is 27.4 Å². The number of carbonyl (C=O) groups is 1. The third-order valence-electron chi connectivity index (χ3n) is 3.38.